The van der Waals surface area contributed by atoms with E-state index >= 15 is 0 Å². The predicted molar refractivity (Wildman–Crippen MR) is 83.2 cm³/mol. The highest BCUT2D eigenvalue weighted by molar-refractivity contribution is 5.78. The Kier molecular flexibility index (Phi) is 4.50. The molecule has 1 aromatic heterocycles. The first kappa shape index (κ1) is 15.4. The fourth-order valence-corrected chi connectivity index (χ4v) is 2.59. The highest BCUT2D eigenvalue weighted by Gasteiger charge is 2.19. The SMILES string of the molecule is C[C@H](Oc1ccc(OCc2noc3c2CCCC3)cc1)C(N)=O. The molecule has 0 saturated heterocycles. The molecule has 1 aromatic carbocycles. The highest BCUT2D eigenvalue weighted by Crippen LogP contribution is 2.25. The van der Waals surface area contributed by atoms with Gasteiger partial charge in [0.15, 0.2) is 6.10 Å². The van der Waals surface area contributed by atoms with Crippen LogP contribution in [0.2, 0.25) is 0 Å². The van der Waals surface area contributed by atoms with E-state index in [9.17, 15) is 4.79 Å². The van der Waals surface area contributed by atoms with Gasteiger partial charge in [-0.15, -0.1) is 0 Å². The number of aromatic nitrogens is 1. The molecule has 2 N–H and O–H groups in total. The number of primary amides is 1. The van der Waals surface area contributed by atoms with Crippen molar-refractivity contribution in [2.24, 2.45) is 5.73 Å². The fraction of sp³-hybridized carbons (Fsp3) is 0.412. The Bertz CT molecular complexity index is 678. The molecule has 1 aliphatic carbocycles. The molecule has 23 heavy (non-hydrogen) atoms. The summed E-state index contributed by atoms with van der Waals surface area (Å²) in [7, 11) is 0. The molecule has 1 atom stereocenters. The van der Waals surface area contributed by atoms with E-state index in [-0.39, 0.29) is 0 Å². The molecule has 0 aliphatic heterocycles. The van der Waals surface area contributed by atoms with Crippen molar-refractivity contribution < 1.29 is 18.8 Å². The molecule has 0 saturated carbocycles. The number of rotatable bonds is 6. The van der Waals surface area contributed by atoms with Gasteiger partial charge in [-0.05, 0) is 50.5 Å². The smallest absolute Gasteiger partial charge is 0.258 e. The van der Waals surface area contributed by atoms with Crippen LogP contribution in [0.15, 0.2) is 28.8 Å². The number of nitrogens with two attached hydrogens (primary N) is 1. The summed E-state index contributed by atoms with van der Waals surface area (Å²) >= 11 is 0. The van der Waals surface area contributed by atoms with Gasteiger partial charge < -0.3 is 19.7 Å². The minimum Gasteiger partial charge on any atom is -0.487 e. The van der Waals surface area contributed by atoms with Crippen molar-refractivity contribution in [2.45, 2.75) is 45.3 Å². The van der Waals surface area contributed by atoms with Gasteiger partial charge in [0.25, 0.3) is 5.91 Å². The molecule has 0 bridgehead atoms. The number of ether oxygens (including phenoxy) is 2. The Balaban J connectivity index is 1.58. The van der Waals surface area contributed by atoms with Crippen LogP contribution in [0, 0.1) is 0 Å². The van der Waals surface area contributed by atoms with Crippen molar-refractivity contribution in [3.05, 3.63) is 41.3 Å². The average Bonchev–Trinajstić information content (AvgIpc) is 2.97. The molecular formula is C17H20N2O4. The molecule has 122 valence electrons. The van der Waals surface area contributed by atoms with Crippen molar-refractivity contribution in [1.29, 1.82) is 0 Å². The summed E-state index contributed by atoms with van der Waals surface area (Å²) in [5.74, 6) is 1.78. The van der Waals surface area contributed by atoms with Gasteiger partial charge in [-0.1, -0.05) is 5.16 Å². The summed E-state index contributed by atoms with van der Waals surface area (Å²) in [6, 6.07) is 7.06. The molecule has 0 fully saturated rings. The lowest BCUT2D eigenvalue weighted by Crippen LogP contribution is -2.30. The first-order valence-electron chi connectivity index (χ1n) is 7.78. The molecule has 6 heteroatoms. The second-order valence-corrected chi connectivity index (χ2v) is 5.66. The Morgan fingerprint density at radius 1 is 1.26 bits per heavy atom. The number of carbonyl (C=O) groups is 1. The summed E-state index contributed by atoms with van der Waals surface area (Å²) in [6.45, 7) is 2.00. The van der Waals surface area contributed by atoms with E-state index in [1.165, 1.54) is 12.0 Å². The maximum atomic E-state index is 11.0. The Morgan fingerprint density at radius 3 is 2.70 bits per heavy atom. The van der Waals surface area contributed by atoms with Crippen molar-refractivity contribution >= 4 is 5.91 Å². The number of carbonyl (C=O) groups excluding carboxylic acids is 1. The zero-order valence-electron chi connectivity index (χ0n) is 13.1. The quantitative estimate of drug-likeness (QED) is 0.884. The molecule has 3 rings (SSSR count). The molecule has 1 amide bonds. The second-order valence-electron chi connectivity index (χ2n) is 5.66. The monoisotopic (exact) mass is 316 g/mol. The Hall–Kier alpha value is -2.50. The molecule has 6 nitrogen and oxygen atoms in total. The van der Waals surface area contributed by atoms with Crippen LogP contribution >= 0.6 is 0 Å². The molecular weight excluding hydrogens is 296 g/mol. The summed E-state index contributed by atoms with van der Waals surface area (Å²) in [5.41, 5.74) is 7.24. The van der Waals surface area contributed by atoms with Gasteiger partial charge in [0.2, 0.25) is 0 Å². The van der Waals surface area contributed by atoms with Crippen LogP contribution in [-0.4, -0.2) is 17.2 Å². The molecule has 2 aromatic rings. The van der Waals surface area contributed by atoms with Gasteiger partial charge in [-0.3, -0.25) is 4.79 Å². The summed E-state index contributed by atoms with van der Waals surface area (Å²) < 4.78 is 16.5. The summed E-state index contributed by atoms with van der Waals surface area (Å²) in [5, 5.41) is 4.11. The fourth-order valence-electron chi connectivity index (χ4n) is 2.59. The molecule has 0 radical (unpaired) electrons. The molecule has 0 spiro atoms. The largest absolute Gasteiger partial charge is 0.487 e. The van der Waals surface area contributed by atoms with E-state index in [1.54, 1.807) is 31.2 Å². The Labute approximate surface area is 134 Å². The number of amides is 1. The number of hydrogen-bond acceptors (Lipinski definition) is 5. The lowest BCUT2D eigenvalue weighted by atomic mass is 9.97. The zero-order chi connectivity index (χ0) is 16.2. The number of nitrogens with zero attached hydrogens (tertiary/aromatic N) is 1. The summed E-state index contributed by atoms with van der Waals surface area (Å²) in [6.07, 6.45) is 3.64. The van der Waals surface area contributed by atoms with E-state index < -0.39 is 12.0 Å². The number of fused-ring (bicyclic) bond motifs is 1. The van der Waals surface area contributed by atoms with E-state index in [1.807, 2.05) is 0 Å². The van der Waals surface area contributed by atoms with Gasteiger partial charge in [0, 0.05) is 12.0 Å². The van der Waals surface area contributed by atoms with Gasteiger partial charge >= 0.3 is 0 Å². The van der Waals surface area contributed by atoms with Crippen LogP contribution in [0.5, 0.6) is 11.5 Å². The van der Waals surface area contributed by atoms with Gasteiger partial charge in [0.1, 0.15) is 29.6 Å². The minimum absolute atomic E-state index is 0.386. The first-order chi connectivity index (χ1) is 11.1. The minimum atomic E-state index is -0.663. The van der Waals surface area contributed by atoms with E-state index in [4.69, 9.17) is 19.7 Å². The van der Waals surface area contributed by atoms with Crippen LogP contribution in [-0.2, 0) is 24.2 Å². The summed E-state index contributed by atoms with van der Waals surface area (Å²) in [4.78, 5) is 11.0. The van der Waals surface area contributed by atoms with Crippen LogP contribution in [0.4, 0.5) is 0 Å². The van der Waals surface area contributed by atoms with Crippen molar-refractivity contribution in [3.8, 4) is 11.5 Å². The lowest BCUT2D eigenvalue weighted by molar-refractivity contribution is -0.123. The maximum absolute atomic E-state index is 11.0. The van der Waals surface area contributed by atoms with E-state index in [0.29, 0.717) is 18.1 Å². The Morgan fingerprint density at radius 2 is 1.96 bits per heavy atom. The topological polar surface area (TPSA) is 87.6 Å². The molecule has 1 aliphatic rings. The van der Waals surface area contributed by atoms with Gasteiger partial charge in [0.05, 0.1) is 0 Å². The van der Waals surface area contributed by atoms with Gasteiger partial charge in [-0.25, -0.2) is 0 Å². The van der Waals surface area contributed by atoms with E-state index in [0.717, 1.165) is 30.7 Å². The number of aryl methyl sites for hydroxylation is 1. The van der Waals surface area contributed by atoms with Crippen LogP contribution < -0.4 is 15.2 Å². The molecule has 0 unspecified atom stereocenters. The maximum Gasteiger partial charge on any atom is 0.258 e. The van der Waals surface area contributed by atoms with E-state index in [2.05, 4.69) is 5.16 Å². The third kappa shape index (κ3) is 3.64. The number of hydrogen-bond donors (Lipinski definition) is 1. The third-order valence-corrected chi connectivity index (χ3v) is 3.94. The van der Waals surface area contributed by atoms with Crippen LogP contribution in [0.3, 0.4) is 0 Å². The zero-order valence-corrected chi connectivity index (χ0v) is 13.1. The second kappa shape index (κ2) is 6.73. The third-order valence-electron chi connectivity index (χ3n) is 3.94. The number of benzene rings is 1. The van der Waals surface area contributed by atoms with Crippen LogP contribution in [0.25, 0.3) is 0 Å². The van der Waals surface area contributed by atoms with Gasteiger partial charge in [-0.2, -0.15) is 0 Å². The standard InChI is InChI=1S/C17H20N2O4/c1-11(17(18)20)22-13-8-6-12(7-9-13)21-10-15-14-4-2-3-5-16(14)23-19-15/h6-9,11H,2-5,10H2,1H3,(H2,18,20)/t11-/m0/s1. The molecule has 1 heterocycles. The normalized spacial score (nSPS) is 14.8. The predicted octanol–water partition coefficient (Wildman–Crippen LogP) is 2.38. The lowest BCUT2D eigenvalue weighted by Gasteiger charge is -2.12. The van der Waals surface area contributed by atoms with Crippen LogP contribution in [0.1, 0.15) is 36.8 Å². The average molecular weight is 316 g/mol. The van der Waals surface area contributed by atoms with Crippen molar-refractivity contribution in [2.75, 3.05) is 0 Å². The van der Waals surface area contributed by atoms with Crippen molar-refractivity contribution in [1.82, 2.24) is 5.16 Å². The van der Waals surface area contributed by atoms with Crippen molar-refractivity contribution in [3.63, 3.8) is 0 Å². The highest BCUT2D eigenvalue weighted by atomic mass is 16.5. The first-order valence-corrected chi connectivity index (χ1v) is 7.78.